The van der Waals surface area contributed by atoms with Gasteiger partial charge in [-0.3, -0.25) is 4.98 Å². The molecule has 0 aliphatic rings. The zero-order chi connectivity index (χ0) is 24.3. The molecule has 1 heterocycles. The van der Waals surface area contributed by atoms with Gasteiger partial charge in [-0.15, -0.1) is 0 Å². The Labute approximate surface area is 213 Å². The van der Waals surface area contributed by atoms with Crippen LogP contribution in [0.25, 0.3) is 33.2 Å². The van der Waals surface area contributed by atoms with Gasteiger partial charge in [-0.1, -0.05) is 121 Å². The molecule has 0 atom stereocenters. The fourth-order valence-corrected chi connectivity index (χ4v) is 7.50. The lowest BCUT2D eigenvalue weighted by molar-refractivity contribution is 1.32. The van der Waals surface area contributed by atoms with Gasteiger partial charge in [0.2, 0.25) is 0 Å². The summed E-state index contributed by atoms with van der Waals surface area (Å²) < 4.78 is 0. The molecule has 0 unspecified atom stereocenters. The van der Waals surface area contributed by atoms with E-state index in [0.29, 0.717) is 0 Å². The second-order valence-electron chi connectivity index (χ2n) is 8.90. The van der Waals surface area contributed by atoms with Crippen LogP contribution in [0.2, 0.25) is 0 Å². The molecule has 1 aromatic heterocycles. The second kappa shape index (κ2) is 9.90. The van der Waals surface area contributed by atoms with Gasteiger partial charge >= 0.3 is 0 Å². The third-order valence-corrected chi connectivity index (χ3v) is 9.12. The van der Waals surface area contributed by atoms with Crippen LogP contribution in [0.3, 0.4) is 0 Å². The van der Waals surface area contributed by atoms with Crippen molar-refractivity contribution in [1.82, 2.24) is 4.98 Å². The van der Waals surface area contributed by atoms with E-state index in [0.717, 1.165) is 5.69 Å². The van der Waals surface area contributed by atoms with Gasteiger partial charge in [-0.2, -0.15) is 0 Å². The maximum absolute atomic E-state index is 4.75. The largest absolute Gasteiger partial charge is 0.256 e. The summed E-state index contributed by atoms with van der Waals surface area (Å²) in [4.78, 5) is 4.75. The molecule has 2 heteroatoms. The van der Waals surface area contributed by atoms with Crippen LogP contribution in [-0.2, 0) is 0 Å². The van der Waals surface area contributed by atoms with Crippen LogP contribution >= 0.6 is 7.92 Å². The number of hydrogen-bond acceptors (Lipinski definition) is 1. The normalized spacial score (nSPS) is 11.2. The highest BCUT2D eigenvalue weighted by Crippen LogP contribution is 2.43. The first-order valence-electron chi connectivity index (χ1n) is 12.2. The number of aromatic nitrogens is 1. The van der Waals surface area contributed by atoms with Crippen molar-refractivity contribution in [2.24, 2.45) is 0 Å². The predicted octanol–water partition coefficient (Wildman–Crippen LogP) is 7.64. The summed E-state index contributed by atoms with van der Waals surface area (Å²) in [7, 11) is -0.778. The molecule has 0 aliphatic heterocycles. The Hall–Kier alpha value is -4.06. The Morgan fingerprint density at radius 1 is 0.528 bits per heavy atom. The molecule has 5 aromatic carbocycles. The van der Waals surface area contributed by atoms with Crippen molar-refractivity contribution in [3.05, 3.63) is 145 Å². The highest BCUT2D eigenvalue weighted by Gasteiger charge is 2.24. The van der Waals surface area contributed by atoms with Gasteiger partial charge in [0, 0.05) is 11.8 Å². The fourth-order valence-electron chi connectivity index (χ4n) is 5.03. The van der Waals surface area contributed by atoms with Gasteiger partial charge in [0.15, 0.2) is 0 Å². The standard InChI is InChI=1S/C34H26NP/c1-25-13-12-20-30(31-21-10-11-24-35-31)33(25)34-29-19-9-8-14-26(29)22-23-32(34)36(27-15-4-2-5-16-27)28-17-6-3-7-18-28/h2-24H,1H3. The Morgan fingerprint density at radius 2 is 1.19 bits per heavy atom. The molecule has 0 saturated carbocycles. The molecule has 1 nitrogen and oxygen atoms in total. The summed E-state index contributed by atoms with van der Waals surface area (Å²) in [5, 5.41) is 6.60. The van der Waals surface area contributed by atoms with Gasteiger partial charge in [0.05, 0.1) is 5.69 Å². The fraction of sp³-hybridized carbons (Fsp3) is 0.0294. The van der Waals surface area contributed by atoms with Crippen molar-refractivity contribution in [3.63, 3.8) is 0 Å². The van der Waals surface area contributed by atoms with Crippen molar-refractivity contribution in [2.45, 2.75) is 6.92 Å². The van der Waals surface area contributed by atoms with Crippen LogP contribution in [0.15, 0.2) is 140 Å². The first-order chi connectivity index (χ1) is 17.8. The maximum Gasteiger partial charge on any atom is 0.0708 e. The quantitative estimate of drug-likeness (QED) is 0.232. The Bertz CT molecular complexity index is 1590. The van der Waals surface area contributed by atoms with Crippen LogP contribution in [0.5, 0.6) is 0 Å². The molecule has 0 spiro atoms. The van der Waals surface area contributed by atoms with Gasteiger partial charge in [0.1, 0.15) is 0 Å². The number of pyridine rings is 1. The summed E-state index contributed by atoms with van der Waals surface area (Å²) in [6.07, 6.45) is 1.88. The smallest absolute Gasteiger partial charge is 0.0708 e. The van der Waals surface area contributed by atoms with Crippen LogP contribution in [0, 0.1) is 6.92 Å². The van der Waals surface area contributed by atoms with Crippen molar-refractivity contribution < 1.29 is 0 Å². The van der Waals surface area contributed by atoms with Crippen LogP contribution in [0.4, 0.5) is 0 Å². The Kier molecular flexibility index (Phi) is 6.16. The number of rotatable bonds is 5. The monoisotopic (exact) mass is 479 g/mol. The summed E-state index contributed by atoms with van der Waals surface area (Å²) in [6, 6.07) is 48.1. The molecule has 36 heavy (non-hydrogen) atoms. The first-order valence-corrected chi connectivity index (χ1v) is 13.6. The molecule has 0 bridgehead atoms. The van der Waals surface area contributed by atoms with E-state index < -0.39 is 7.92 Å². The molecule has 0 aliphatic carbocycles. The lowest BCUT2D eigenvalue weighted by atomic mass is 9.90. The lowest BCUT2D eigenvalue weighted by Gasteiger charge is -2.25. The highest BCUT2D eigenvalue weighted by atomic mass is 31.1. The molecule has 0 N–H and O–H groups in total. The predicted molar refractivity (Wildman–Crippen MR) is 156 cm³/mol. The van der Waals surface area contributed by atoms with Crippen molar-refractivity contribution in [1.29, 1.82) is 0 Å². The van der Waals surface area contributed by atoms with E-state index in [2.05, 4.69) is 134 Å². The van der Waals surface area contributed by atoms with E-state index in [1.165, 1.54) is 48.9 Å². The molecule has 0 saturated heterocycles. The van der Waals surface area contributed by atoms with E-state index in [9.17, 15) is 0 Å². The topological polar surface area (TPSA) is 12.9 Å². The van der Waals surface area contributed by atoms with Crippen molar-refractivity contribution in [2.75, 3.05) is 0 Å². The zero-order valence-corrected chi connectivity index (χ0v) is 21.1. The number of hydrogen-bond donors (Lipinski definition) is 0. The number of nitrogens with zero attached hydrogens (tertiary/aromatic N) is 1. The third-order valence-electron chi connectivity index (χ3n) is 6.64. The third kappa shape index (κ3) is 4.13. The van der Waals surface area contributed by atoms with Gasteiger partial charge in [0.25, 0.3) is 0 Å². The van der Waals surface area contributed by atoms with Gasteiger partial charge in [-0.05, 0) is 70.4 Å². The van der Waals surface area contributed by atoms with Gasteiger partial charge in [-0.25, -0.2) is 0 Å². The molecule has 172 valence electrons. The van der Waals surface area contributed by atoms with Crippen LogP contribution in [0.1, 0.15) is 5.56 Å². The average molecular weight is 480 g/mol. The van der Waals surface area contributed by atoms with Crippen LogP contribution in [-0.4, -0.2) is 4.98 Å². The van der Waals surface area contributed by atoms with E-state index in [4.69, 9.17) is 4.98 Å². The molecular formula is C34H26NP. The van der Waals surface area contributed by atoms with Gasteiger partial charge < -0.3 is 0 Å². The summed E-state index contributed by atoms with van der Waals surface area (Å²) >= 11 is 0. The number of fused-ring (bicyclic) bond motifs is 1. The summed E-state index contributed by atoms with van der Waals surface area (Å²) in [5.74, 6) is 0. The average Bonchev–Trinajstić information content (AvgIpc) is 2.95. The summed E-state index contributed by atoms with van der Waals surface area (Å²) in [5.41, 5.74) is 6.00. The van der Waals surface area contributed by atoms with E-state index in [1.807, 2.05) is 12.3 Å². The molecular weight excluding hydrogens is 453 g/mol. The zero-order valence-electron chi connectivity index (χ0n) is 20.2. The van der Waals surface area contributed by atoms with E-state index >= 15 is 0 Å². The minimum Gasteiger partial charge on any atom is -0.256 e. The molecule has 6 aromatic rings. The lowest BCUT2D eigenvalue weighted by Crippen LogP contribution is -2.22. The van der Waals surface area contributed by atoms with E-state index in [1.54, 1.807) is 0 Å². The molecule has 0 fully saturated rings. The maximum atomic E-state index is 4.75. The minimum atomic E-state index is -0.778. The van der Waals surface area contributed by atoms with Crippen LogP contribution < -0.4 is 15.9 Å². The summed E-state index contributed by atoms with van der Waals surface area (Å²) in [6.45, 7) is 2.22. The first kappa shape index (κ1) is 22.4. The van der Waals surface area contributed by atoms with Crippen molar-refractivity contribution >= 4 is 34.6 Å². The minimum absolute atomic E-state index is 0.778. The molecule has 0 amide bonds. The Balaban J connectivity index is 1.73. The molecule has 6 rings (SSSR count). The molecule has 0 radical (unpaired) electrons. The Morgan fingerprint density at radius 3 is 1.89 bits per heavy atom. The van der Waals surface area contributed by atoms with E-state index in [-0.39, 0.29) is 0 Å². The SMILES string of the molecule is Cc1cccc(-c2ccccn2)c1-c1c(P(c2ccccc2)c2ccccc2)ccc2ccccc12. The number of aryl methyl sites for hydroxylation is 1. The van der Waals surface area contributed by atoms with Crippen molar-refractivity contribution in [3.8, 4) is 22.4 Å². The second-order valence-corrected chi connectivity index (χ2v) is 11.1. The number of benzene rings is 5. The highest BCUT2D eigenvalue weighted by molar-refractivity contribution is 7.80.